The maximum Gasteiger partial charge on any atom is 0.254 e. The van der Waals surface area contributed by atoms with Crippen molar-refractivity contribution in [2.45, 2.75) is 19.4 Å². The molecule has 0 spiro atoms. The molecule has 1 aliphatic rings. The first kappa shape index (κ1) is 20.9. The van der Waals surface area contributed by atoms with E-state index in [2.05, 4.69) is 22.3 Å². The number of carbonyl (C=O) groups excluding carboxylic acids is 1. The molecule has 1 aliphatic heterocycles. The molecule has 1 atom stereocenters. The van der Waals surface area contributed by atoms with Crippen LogP contribution in [0.2, 0.25) is 5.02 Å². The van der Waals surface area contributed by atoms with E-state index >= 15 is 0 Å². The molecule has 1 fully saturated rings. The third kappa shape index (κ3) is 4.33. The van der Waals surface area contributed by atoms with Gasteiger partial charge in [0.25, 0.3) is 5.91 Å². The van der Waals surface area contributed by atoms with E-state index in [9.17, 15) is 4.79 Å². The molecular weight excluding hydrogens is 440 g/mol. The fourth-order valence-electron chi connectivity index (χ4n) is 4.15. The first-order chi connectivity index (χ1) is 15.6. The van der Waals surface area contributed by atoms with Gasteiger partial charge >= 0.3 is 0 Å². The molecule has 5 rings (SSSR count). The molecule has 4 aromatic rings. The van der Waals surface area contributed by atoms with Crippen molar-refractivity contribution in [1.82, 2.24) is 14.3 Å². The van der Waals surface area contributed by atoms with E-state index in [0.29, 0.717) is 13.0 Å². The van der Waals surface area contributed by atoms with Crippen LogP contribution in [0.25, 0.3) is 10.8 Å². The summed E-state index contributed by atoms with van der Waals surface area (Å²) in [6.45, 7) is 4.26. The van der Waals surface area contributed by atoms with E-state index in [0.717, 1.165) is 51.0 Å². The number of piperazine rings is 1. The fourth-order valence-corrected chi connectivity index (χ4v) is 5.00. The number of rotatable bonds is 4. The van der Waals surface area contributed by atoms with Crippen molar-refractivity contribution < 1.29 is 4.79 Å². The first-order valence-electron chi connectivity index (χ1n) is 10.7. The zero-order valence-corrected chi connectivity index (χ0v) is 19.3. The Bertz CT molecular complexity index is 1260. The second-order valence-electron chi connectivity index (χ2n) is 8.15. The van der Waals surface area contributed by atoms with Crippen molar-refractivity contribution in [2.24, 2.45) is 0 Å². The number of hydrogen-bond acceptors (Lipinski definition) is 5. The molecule has 1 aromatic heterocycles. The van der Waals surface area contributed by atoms with Gasteiger partial charge in [-0.25, -0.2) is 4.98 Å². The molecule has 7 heteroatoms. The third-order valence-corrected chi connectivity index (χ3v) is 6.95. The van der Waals surface area contributed by atoms with Crippen molar-refractivity contribution in [3.8, 4) is 0 Å². The summed E-state index contributed by atoms with van der Waals surface area (Å²) in [6.07, 6.45) is 0.684. The van der Waals surface area contributed by atoms with Gasteiger partial charge in [0.1, 0.15) is 5.82 Å². The van der Waals surface area contributed by atoms with E-state index in [4.69, 9.17) is 16.6 Å². The third-order valence-electron chi connectivity index (χ3n) is 5.89. The quantitative estimate of drug-likeness (QED) is 0.413. The molecule has 32 heavy (non-hydrogen) atoms. The Kier molecular flexibility index (Phi) is 5.81. The van der Waals surface area contributed by atoms with Crippen molar-refractivity contribution in [1.29, 1.82) is 0 Å². The normalized spacial score (nSPS) is 16.5. The van der Waals surface area contributed by atoms with Crippen molar-refractivity contribution in [2.75, 3.05) is 24.5 Å². The van der Waals surface area contributed by atoms with Crippen LogP contribution in [0, 0.1) is 0 Å². The summed E-state index contributed by atoms with van der Waals surface area (Å²) < 4.78 is 4.54. The van der Waals surface area contributed by atoms with Gasteiger partial charge < -0.3 is 9.80 Å². The highest BCUT2D eigenvalue weighted by atomic mass is 35.5. The summed E-state index contributed by atoms with van der Waals surface area (Å²) in [4.78, 5) is 22.1. The highest BCUT2D eigenvalue weighted by Gasteiger charge is 2.29. The van der Waals surface area contributed by atoms with Crippen LogP contribution >= 0.6 is 23.1 Å². The zero-order chi connectivity index (χ0) is 22.1. The van der Waals surface area contributed by atoms with E-state index < -0.39 is 0 Å². The highest BCUT2D eigenvalue weighted by molar-refractivity contribution is 7.09. The molecule has 162 valence electrons. The minimum Gasteiger partial charge on any atom is -0.343 e. The summed E-state index contributed by atoms with van der Waals surface area (Å²) in [5.74, 6) is 0.901. The van der Waals surface area contributed by atoms with Crippen LogP contribution in [-0.2, 0) is 6.42 Å². The molecule has 2 heterocycles. The second kappa shape index (κ2) is 8.88. The minimum atomic E-state index is 0.0867. The van der Waals surface area contributed by atoms with Crippen molar-refractivity contribution in [3.05, 3.63) is 88.7 Å². The van der Waals surface area contributed by atoms with E-state index in [1.165, 1.54) is 11.5 Å². The maximum atomic E-state index is 13.2. The fraction of sp³-hybridized carbons (Fsp3) is 0.240. The van der Waals surface area contributed by atoms with Crippen molar-refractivity contribution >= 4 is 44.9 Å². The number of nitrogens with zero attached hydrogens (tertiary/aromatic N) is 4. The van der Waals surface area contributed by atoms with Gasteiger partial charge in [0.2, 0.25) is 5.13 Å². The molecule has 0 aliphatic carbocycles. The number of halogens is 1. The Morgan fingerprint density at radius 2 is 1.84 bits per heavy atom. The number of hydrogen-bond donors (Lipinski definition) is 0. The lowest BCUT2D eigenvalue weighted by Crippen LogP contribution is -2.54. The van der Waals surface area contributed by atoms with Crippen LogP contribution in [0.1, 0.15) is 28.7 Å². The van der Waals surface area contributed by atoms with Crippen LogP contribution in [0.5, 0.6) is 0 Å². The van der Waals surface area contributed by atoms with Gasteiger partial charge in [-0.3, -0.25) is 4.79 Å². The van der Waals surface area contributed by atoms with Gasteiger partial charge in [-0.1, -0.05) is 54.1 Å². The van der Waals surface area contributed by atoms with Crippen molar-refractivity contribution in [3.63, 3.8) is 0 Å². The van der Waals surface area contributed by atoms with Crippen LogP contribution in [-0.4, -0.2) is 45.8 Å². The molecule has 0 radical (unpaired) electrons. The summed E-state index contributed by atoms with van der Waals surface area (Å²) in [7, 11) is 0. The number of benzene rings is 3. The lowest BCUT2D eigenvalue weighted by Gasteiger charge is -2.39. The average Bonchev–Trinajstić information content (AvgIpc) is 3.28. The minimum absolute atomic E-state index is 0.0867. The van der Waals surface area contributed by atoms with Crippen LogP contribution in [0.15, 0.2) is 66.7 Å². The Balaban J connectivity index is 1.25. The number of fused-ring (bicyclic) bond motifs is 1. The Hall–Kier alpha value is -2.96. The molecular formula is C25H23ClN4OS. The predicted octanol–water partition coefficient (Wildman–Crippen LogP) is 5.29. The van der Waals surface area contributed by atoms with Crippen LogP contribution < -0.4 is 4.90 Å². The monoisotopic (exact) mass is 462 g/mol. The van der Waals surface area contributed by atoms with E-state index in [1.54, 1.807) is 0 Å². The molecule has 1 unspecified atom stereocenters. The molecule has 0 bridgehead atoms. The number of anilines is 1. The SMILES string of the molecule is CC1CN(c2nc(Cc3ccc(Cl)cc3)ns2)CCN1C(=O)c1ccc2ccccc2c1. The lowest BCUT2D eigenvalue weighted by atomic mass is 10.0. The zero-order valence-electron chi connectivity index (χ0n) is 17.7. The first-order valence-corrected chi connectivity index (χ1v) is 11.8. The maximum absolute atomic E-state index is 13.2. The average molecular weight is 463 g/mol. The van der Waals surface area contributed by atoms with Gasteiger partial charge in [-0.2, -0.15) is 4.37 Å². The standard InChI is InChI=1S/C25H23ClN4OS/c1-17-16-29(25-27-23(28-32-25)14-18-6-10-22(26)11-7-18)12-13-30(17)24(31)21-9-8-19-4-2-3-5-20(19)15-21/h2-11,15,17H,12-14,16H2,1H3. The number of carbonyl (C=O) groups is 1. The second-order valence-corrected chi connectivity index (χ2v) is 9.32. The number of amides is 1. The molecule has 0 saturated carbocycles. The molecule has 3 aromatic carbocycles. The van der Waals surface area contributed by atoms with E-state index in [-0.39, 0.29) is 11.9 Å². The summed E-state index contributed by atoms with van der Waals surface area (Å²) in [5.41, 5.74) is 1.88. The largest absolute Gasteiger partial charge is 0.343 e. The Morgan fingerprint density at radius 3 is 2.62 bits per heavy atom. The molecule has 1 amide bonds. The van der Waals surface area contributed by atoms with Gasteiger partial charge in [-0.15, -0.1) is 0 Å². The van der Waals surface area contributed by atoms with Crippen LogP contribution in [0.4, 0.5) is 5.13 Å². The van der Waals surface area contributed by atoms with Gasteiger partial charge in [0.15, 0.2) is 0 Å². The van der Waals surface area contributed by atoms with Gasteiger partial charge in [0.05, 0.1) is 0 Å². The topological polar surface area (TPSA) is 49.3 Å². The van der Waals surface area contributed by atoms with E-state index in [1.807, 2.05) is 65.6 Å². The summed E-state index contributed by atoms with van der Waals surface area (Å²) >= 11 is 7.39. The lowest BCUT2D eigenvalue weighted by molar-refractivity contribution is 0.0674. The van der Waals surface area contributed by atoms with Crippen LogP contribution in [0.3, 0.4) is 0 Å². The molecule has 5 nitrogen and oxygen atoms in total. The Morgan fingerprint density at radius 1 is 1.06 bits per heavy atom. The van der Waals surface area contributed by atoms with Gasteiger partial charge in [-0.05, 0) is 47.5 Å². The highest BCUT2D eigenvalue weighted by Crippen LogP contribution is 2.24. The number of aromatic nitrogens is 2. The molecule has 1 saturated heterocycles. The van der Waals surface area contributed by atoms with Gasteiger partial charge in [0, 0.05) is 54.2 Å². The summed E-state index contributed by atoms with van der Waals surface area (Å²) in [6, 6.07) is 21.9. The molecule has 0 N–H and O–H groups in total. The predicted molar refractivity (Wildman–Crippen MR) is 131 cm³/mol. The Labute approximate surface area is 196 Å². The summed E-state index contributed by atoms with van der Waals surface area (Å²) in [5, 5.41) is 3.88. The smallest absolute Gasteiger partial charge is 0.254 e.